The molecule has 0 rings (SSSR count). The fraction of sp³-hybridized carbons (Fsp3) is 0.909. The number of ether oxygens (including phenoxy) is 1. The summed E-state index contributed by atoms with van der Waals surface area (Å²) < 4.78 is 4.91. The van der Waals surface area contributed by atoms with E-state index in [9.17, 15) is 4.79 Å². The summed E-state index contributed by atoms with van der Waals surface area (Å²) in [6.07, 6.45) is 2.67. The van der Waals surface area contributed by atoms with Crippen LogP contribution in [0.25, 0.3) is 0 Å². The van der Waals surface area contributed by atoms with Crippen molar-refractivity contribution in [3.8, 4) is 0 Å². The Morgan fingerprint density at radius 3 is 2.69 bits per heavy atom. The fourth-order valence-corrected chi connectivity index (χ4v) is 1.44. The van der Waals surface area contributed by atoms with E-state index in [1.165, 1.54) is 0 Å². The molecule has 0 aliphatic heterocycles. The summed E-state index contributed by atoms with van der Waals surface area (Å²) in [7, 11) is 1.58. The van der Waals surface area contributed by atoms with Gasteiger partial charge in [-0.05, 0) is 6.42 Å². The third-order valence-corrected chi connectivity index (χ3v) is 2.43. The molecule has 0 heterocycles. The lowest BCUT2D eigenvalue weighted by atomic mass is 10.1. The highest BCUT2D eigenvalue weighted by Crippen LogP contribution is 2.02. The maximum absolute atomic E-state index is 11.9. The molecule has 0 bridgehead atoms. The third kappa shape index (κ3) is 6.05. The lowest BCUT2D eigenvalue weighted by molar-refractivity contribution is -0.133. The number of nitrogens with zero attached hydrogens (tertiary/aromatic N) is 1. The van der Waals surface area contributed by atoms with Crippen molar-refractivity contribution >= 4 is 5.91 Å². The second-order valence-electron chi connectivity index (χ2n) is 3.79. The molecule has 96 valence electrons. The van der Waals surface area contributed by atoms with E-state index in [1.807, 2.05) is 0 Å². The van der Waals surface area contributed by atoms with Gasteiger partial charge in [-0.15, -0.1) is 0 Å². The van der Waals surface area contributed by atoms with Crippen molar-refractivity contribution < 1.29 is 14.6 Å². The number of methoxy groups -OCH3 is 1. The molecule has 0 radical (unpaired) electrons. The number of aliphatic hydroxyl groups excluding tert-OH is 1. The van der Waals surface area contributed by atoms with Crippen LogP contribution in [-0.2, 0) is 9.53 Å². The molecular formula is C11H24N2O3. The second-order valence-corrected chi connectivity index (χ2v) is 3.79. The van der Waals surface area contributed by atoms with Crippen molar-refractivity contribution in [3.05, 3.63) is 0 Å². The second kappa shape index (κ2) is 9.57. The van der Waals surface area contributed by atoms with Gasteiger partial charge in [-0.25, -0.2) is 0 Å². The van der Waals surface area contributed by atoms with E-state index in [1.54, 1.807) is 12.0 Å². The van der Waals surface area contributed by atoms with E-state index in [4.69, 9.17) is 15.6 Å². The van der Waals surface area contributed by atoms with Crippen LogP contribution in [0.15, 0.2) is 0 Å². The zero-order valence-electron chi connectivity index (χ0n) is 10.3. The number of rotatable bonds is 9. The summed E-state index contributed by atoms with van der Waals surface area (Å²) >= 11 is 0. The Morgan fingerprint density at radius 1 is 1.50 bits per heavy atom. The van der Waals surface area contributed by atoms with Crippen molar-refractivity contribution in [3.63, 3.8) is 0 Å². The van der Waals surface area contributed by atoms with Gasteiger partial charge in [0.15, 0.2) is 0 Å². The zero-order valence-corrected chi connectivity index (χ0v) is 10.3. The van der Waals surface area contributed by atoms with Crippen molar-refractivity contribution in [1.29, 1.82) is 0 Å². The summed E-state index contributed by atoms with van der Waals surface area (Å²) in [6.45, 7) is 3.29. The van der Waals surface area contributed by atoms with Gasteiger partial charge in [0.2, 0.25) is 5.91 Å². The van der Waals surface area contributed by atoms with Gasteiger partial charge in [-0.3, -0.25) is 4.79 Å². The van der Waals surface area contributed by atoms with Crippen LogP contribution in [0.4, 0.5) is 0 Å². The average molecular weight is 232 g/mol. The van der Waals surface area contributed by atoms with E-state index in [0.29, 0.717) is 26.1 Å². The Hall–Kier alpha value is -0.650. The van der Waals surface area contributed by atoms with Gasteiger partial charge >= 0.3 is 0 Å². The van der Waals surface area contributed by atoms with Gasteiger partial charge in [-0.1, -0.05) is 19.8 Å². The van der Waals surface area contributed by atoms with Crippen LogP contribution in [0.3, 0.4) is 0 Å². The topological polar surface area (TPSA) is 75.8 Å². The Morgan fingerprint density at radius 2 is 2.19 bits per heavy atom. The first-order valence-corrected chi connectivity index (χ1v) is 5.81. The van der Waals surface area contributed by atoms with Crippen LogP contribution in [0.1, 0.15) is 26.2 Å². The first-order chi connectivity index (χ1) is 7.67. The maximum atomic E-state index is 11.9. The van der Waals surface area contributed by atoms with Crippen molar-refractivity contribution in [2.24, 2.45) is 5.73 Å². The number of hydrogen-bond acceptors (Lipinski definition) is 4. The summed E-state index contributed by atoms with van der Waals surface area (Å²) in [4.78, 5) is 13.4. The quantitative estimate of drug-likeness (QED) is 0.585. The monoisotopic (exact) mass is 232 g/mol. The molecule has 0 unspecified atom stereocenters. The lowest BCUT2D eigenvalue weighted by Gasteiger charge is -2.24. The number of carbonyl (C=O) groups excluding carboxylic acids is 1. The average Bonchev–Trinajstić information content (AvgIpc) is 2.30. The minimum Gasteiger partial charge on any atom is -0.395 e. The van der Waals surface area contributed by atoms with Gasteiger partial charge < -0.3 is 20.5 Å². The van der Waals surface area contributed by atoms with E-state index >= 15 is 0 Å². The maximum Gasteiger partial charge on any atom is 0.239 e. The van der Waals surface area contributed by atoms with Crippen LogP contribution in [0.5, 0.6) is 0 Å². The first kappa shape index (κ1) is 15.3. The zero-order chi connectivity index (χ0) is 12.4. The van der Waals surface area contributed by atoms with Crippen LogP contribution < -0.4 is 5.73 Å². The van der Waals surface area contributed by atoms with Crippen LogP contribution in [0.2, 0.25) is 0 Å². The molecule has 5 nitrogen and oxygen atoms in total. The van der Waals surface area contributed by atoms with Gasteiger partial charge in [-0.2, -0.15) is 0 Å². The smallest absolute Gasteiger partial charge is 0.239 e. The van der Waals surface area contributed by atoms with Gasteiger partial charge in [0.1, 0.15) is 0 Å². The number of nitrogens with two attached hydrogens (primary N) is 1. The molecule has 5 heteroatoms. The summed E-state index contributed by atoms with van der Waals surface area (Å²) in [5, 5.41) is 8.87. The van der Waals surface area contributed by atoms with E-state index < -0.39 is 6.04 Å². The standard InChI is InChI=1S/C11H24N2O3/c1-3-4-5-10(12)11(15)13(6-8-14)7-9-16-2/h10,14H,3-9,12H2,1-2H3/t10-/m0/s1. The fourth-order valence-electron chi connectivity index (χ4n) is 1.44. The van der Waals surface area contributed by atoms with Gasteiger partial charge in [0.05, 0.1) is 19.3 Å². The molecule has 0 aromatic rings. The molecular weight excluding hydrogens is 208 g/mol. The van der Waals surface area contributed by atoms with Gasteiger partial charge in [0, 0.05) is 20.2 Å². The first-order valence-electron chi connectivity index (χ1n) is 5.81. The predicted octanol–water partition coefficient (Wildman–Crippen LogP) is -0.0288. The number of unbranched alkanes of at least 4 members (excludes halogenated alkanes) is 1. The van der Waals surface area contributed by atoms with Crippen molar-refractivity contribution in [2.75, 3.05) is 33.4 Å². The molecule has 0 aliphatic carbocycles. The van der Waals surface area contributed by atoms with Crippen molar-refractivity contribution in [1.82, 2.24) is 4.90 Å². The highest BCUT2D eigenvalue weighted by Gasteiger charge is 2.19. The Balaban J connectivity index is 4.12. The molecule has 0 saturated carbocycles. The normalized spacial score (nSPS) is 12.5. The number of hydrogen-bond donors (Lipinski definition) is 2. The van der Waals surface area contributed by atoms with Crippen LogP contribution in [-0.4, -0.2) is 55.4 Å². The molecule has 0 saturated heterocycles. The van der Waals surface area contributed by atoms with E-state index in [0.717, 1.165) is 12.8 Å². The lowest BCUT2D eigenvalue weighted by Crippen LogP contribution is -2.46. The molecule has 0 fully saturated rings. The molecule has 1 atom stereocenters. The summed E-state index contributed by atoms with van der Waals surface area (Å²) in [5.41, 5.74) is 5.79. The Labute approximate surface area is 97.6 Å². The molecule has 16 heavy (non-hydrogen) atoms. The SMILES string of the molecule is CCCC[C@H](N)C(=O)N(CCO)CCOC. The predicted molar refractivity (Wildman–Crippen MR) is 63.0 cm³/mol. The highest BCUT2D eigenvalue weighted by molar-refractivity contribution is 5.81. The van der Waals surface area contributed by atoms with E-state index in [-0.39, 0.29) is 12.5 Å². The molecule has 3 N–H and O–H groups in total. The number of aliphatic hydroxyl groups is 1. The molecule has 0 aliphatic rings. The number of amides is 1. The summed E-state index contributed by atoms with van der Waals surface area (Å²) in [6, 6.07) is -0.455. The van der Waals surface area contributed by atoms with Gasteiger partial charge in [0.25, 0.3) is 0 Å². The molecule has 0 aromatic heterocycles. The number of carbonyl (C=O) groups is 1. The molecule has 0 aromatic carbocycles. The molecule has 1 amide bonds. The van der Waals surface area contributed by atoms with Crippen molar-refractivity contribution in [2.45, 2.75) is 32.2 Å². The minimum absolute atomic E-state index is 0.0457. The Kier molecular flexibility index (Phi) is 9.18. The Bertz CT molecular complexity index is 188. The summed E-state index contributed by atoms with van der Waals surface area (Å²) in [5.74, 6) is -0.0976. The van der Waals surface area contributed by atoms with Crippen LogP contribution in [0, 0.1) is 0 Å². The third-order valence-electron chi connectivity index (χ3n) is 2.43. The van der Waals surface area contributed by atoms with Crippen LogP contribution >= 0.6 is 0 Å². The van der Waals surface area contributed by atoms with E-state index in [2.05, 4.69) is 6.92 Å². The largest absolute Gasteiger partial charge is 0.395 e. The minimum atomic E-state index is -0.455. The molecule has 0 spiro atoms. The highest BCUT2D eigenvalue weighted by atomic mass is 16.5.